The first-order valence-electron chi connectivity index (χ1n) is 26.2. The highest BCUT2D eigenvalue weighted by molar-refractivity contribution is 7.99. The van der Waals surface area contributed by atoms with E-state index in [-0.39, 0.29) is 143 Å². The first-order valence-corrected chi connectivity index (χ1v) is 35.9. The van der Waals surface area contributed by atoms with E-state index in [0.717, 1.165) is 47.2 Å². The summed E-state index contributed by atoms with van der Waals surface area (Å²) in [5.74, 6) is -4.36. The molecule has 2 aromatic heterocycles. The van der Waals surface area contributed by atoms with Crippen LogP contribution in [0.5, 0.6) is 17.4 Å². The summed E-state index contributed by atoms with van der Waals surface area (Å²) >= 11 is 2.05. The number of anilines is 2. The van der Waals surface area contributed by atoms with Crippen molar-refractivity contribution in [2.75, 3.05) is 53.1 Å². The van der Waals surface area contributed by atoms with Crippen LogP contribution in [0.15, 0.2) is 133 Å². The van der Waals surface area contributed by atoms with Gasteiger partial charge in [-0.1, -0.05) is 0 Å². The topological polar surface area (TPSA) is 509 Å². The summed E-state index contributed by atoms with van der Waals surface area (Å²) in [5.41, 5.74) is -0.866. The Morgan fingerprint density at radius 1 is 0.609 bits per heavy atom. The number of hydrogen-bond donors (Lipinski definition) is 8. The maximum absolute atomic E-state index is 12.8. The number of nitriles is 1. The third-order valence-electron chi connectivity index (χ3n) is 12.4. The van der Waals surface area contributed by atoms with Crippen molar-refractivity contribution in [3.63, 3.8) is 0 Å². The Balaban J connectivity index is 1.35. The molecule has 0 aliphatic rings. The Hall–Kier alpha value is -8.47. The van der Waals surface area contributed by atoms with Gasteiger partial charge in [-0.15, -0.1) is 54.2 Å². The standard InChI is InChI=1S/C52H53N13O20S7/c1-28-21-41(61-64-48-29(2)34(27-53)51-56-35-13-14-44(84-5)50(92(81,82)83)49(35)65(51)52(48)68)45(85-15-6-18-88(69,70)71)24-36(28)58-62-42-23-38(55-31(4)67)40(26-47(42)87-17-8-20-90(75,76)77)60-63-43-22-37(54-30(3)66)39(25-46(43)86-16-7-19-89(72,73)74)59-57-32-9-11-33(12-10-32)91(78,79)80/h9-14,21-26,68H,6-8,15-20H2,1-5H3,(H,54,66)(H,55,67)(H,69,70,71)(H,72,73,74)(H,75,76,77)(H,78,79,80)(H,81,82,83). The number of benzene rings is 5. The fourth-order valence-corrected chi connectivity index (χ4v) is 13.4. The lowest BCUT2D eigenvalue weighted by Crippen LogP contribution is -2.08. The number of fused-ring (bicyclic) bond motifs is 3. The number of hydrogen-bond acceptors (Lipinski definition) is 27. The van der Waals surface area contributed by atoms with Gasteiger partial charge in [0.1, 0.15) is 57.1 Å². The first kappa shape index (κ1) is 71.0. The van der Waals surface area contributed by atoms with Crippen molar-refractivity contribution in [1.29, 1.82) is 5.26 Å². The van der Waals surface area contributed by atoms with E-state index in [1.54, 1.807) is 6.92 Å². The molecule has 488 valence electrons. The second kappa shape index (κ2) is 29.4. The molecule has 5 aromatic carbocycles. The molecule has 33 nitrogen and oxygen atoms in total. The monoisotopic (exact) mass is 1400 g/mol. The van der Waals surface area contributed by atoms with Gasteiger partial charge in [-0.3, -0.25) is 36.8 Å². The van der Waals surface area contributed by atoms with E-state index in [9.17, 15) is 84.8 Å². The fraction of sp³-hybridized carbons (Fsp3) is 0.269. The molecule has 0 saturated carbocycles. The van der Waals surface area contributed by atoms with Crippen molar-refractivity contribution in [3.05, 3.63) is 89.5 Å². The molecule has 0 spiro atoms. The van der Waals surface area contributed by atoms with Crippen molar-refractivity contribution in [2.24, 2.45) is 40.9 Å². The van der Waals surface area contributed by atoms with Gasteiger partial charge in [0.05, 0.1) is 64.1 Å². The van der Waals surface area contributed by atoms with Crippen LogP contribution >= 0.6 is 23.5 Å². The van der Waals surface area contributed by atoms with E-state index < -0.39 is 95.3 Å². The Morgan fingerprint density at radius 2 is 1.11 bits per heavy atom. The molecule has 0 saturated heterocycles. The van der Waals surface area contributed by atoms with Gasteiger partial charge < -0.3 is 25.2 Å². The van der Waals surface area contributed by atoms with E-state index in [0.29, 0.717) is 5.56 Å². The number of aryl methyl sites for hydroxylation is 1. The van der Waals surface area contributed by atoms with E-state index in [1.807, 2.05) is 6.07 Å². The van der Waals surface area contributed by atoms with Crippen LogP contribution in [-0.2, 0) is 60.2 Å². The number of azo groups is 4. The van der Waals surface area contributed by atoms with Crippen molar-refractivity contribution in [3.8, 4) is 23.4 Å². The molecule has 40 heteroatoms. The molecular formula is C52H53N13O20S7. The Morgan fingerprint density at radius 3 is 1.60 bits per heavy atom. The average Bonchev–Trinajstić information content (AvgIpc) is 1.54. The van der Waals surface area contributed by atoms with Crippen molar-refractivity contribution < 1.29 is 89.0 Å². The van der Waals surface area contributed by atoms with Crippen molar-refractivity contribution >= 4 is 159 Å². The van der Waals surface area contributed by atoms with Gasteiger partial charge in [-0.05, 0) is 117 Å². The van der Waals surface area contributed by atoms with Gasteiger partial charge in [0, 0.05) is 35.3 Å². The lowest BCUT2D eigenvalue weighted by atomic mass is 10.1. The van der Waals surface area contributed by atoms with Crippen LogP contribution in [0.2, 0.25) is 0 Å². The molecule has 7 aromatic rings. The number of aromatic hydroxyl groups is 1. The minimum absolute atomic E-state index is 0.0154. The Bertz CT molecular complexity index is 4850. The van der Waals surface area contributed by atoms with Crippen LogP contribution in [0, 0.1) is 25.2 Å². The minimum Gasteiger partial charge on any atom is -0.495 e. The lowest BCUT2D eigenvalue weighted by Gasteiger charge is -2.13. The third-order valence-corrected chi connectivity index (χ3v) is 18.8. The summed E-state index contributed by atoms with van der Waals surface area (Å²) in [5, 5.41) is 62.1. The summed E-state index contributed by atoms with van der Waals surface area (Å²) in [6.07, 6.45) is -0.410. The molecule has 0 radical (unpaired) electrons. The molecule has 2 heterocycles. The number of rotatable bonds is 28. The van der Waals surface area contributed by atoms with Crippen LogP contribution in [0.4, 0.5) is 56.9 Å². The molecule has 0 fully saturated rings. The van der Waals surface area contributed by atoms with E-state index in [2.05, 4.69) is 56.5 Å². The molecule has 0 aliphatic heterocycles. The van der Waals surface area contributed by atoms with E-state index in [1.165, 1.54) is 81.4 Å². The van der Waals surface area contributed by atoms with Gasteiger partial charge in [0.15, 0.2) is 16.2 Å². The zero-order chi connectivity index (χ0) is 67.7. The smallest absolute Gasteiger partial charge is 0.300 e. The quantitative estimate of drug-likeness (QED) is 0.00977. The van der Waals surface area contributed by atoms with Gasteiger partial charge >= 0.3 is 0 Å². The van der Waals surface area contributed by atoms with E-state index in [4.69, 9.17) is 9.47 Å². The van der Waals surface area contributed by atoms with Crippen LogP contribution in [-0.4, -0.2) is 134 Å². The molecule has 92 heavy (non-hydrogen) atoms. The molecule has 8 N–H and O–H groups in total. The predicted octanol–water partition coefficient (Wildman–Crippen LogP) is 11.2. The highest BCUT2D eigenvalue weighted by Crippen LogP contribution is 2.46. The highest BCUT2D eigenvalue weighted by atomic mass is 32.2. The van der Waals surface area contributed by atoms with Crippen molar-refractivity contribution in [2.45, 2.75) is 66.5 Å². The maximum atomic E-state index is 12.8. The summed E-state index contributed by atoms with van der Waals surface area (Å²) in [6, 6.07) is 17.4. The normalized spacial score (nSPS) is 12.7. The number of thioether (sulfide) groups is 2. The van der Waals surface area contributed by atoms with Gasteiger partial charge in [-0.25, -0.2) is 4.98 Å². The molecule has 0 bridgehead atoms. The molecule has 0 aliphatic carbocycles. The Kier molecular flexibility index (Phi) is 22.7. The number of carbonyl (C=O) groups excluding carboxylic acids is 2. The molecule has 2 amide bonds. The van der Waals surface area contributed by atoms with Crippen LogP contribution in [0.1, 0.15) is 49.8 Å². The number of imidazole rings is 1. The second-order valence-electron chi connectivity index (χ2n) is 19.4. The van der Waals surface area contributed by atoms with Gasteiger partial charge in [-0.2, -0.15) is 57.6 Å². The number of amides is 2. The van der Waals surface area contributed by atoms with Crippen LogP contribution in [0.3, 0.4) is 0 Å². The number of aromatic nitrogens is 2. The van der Waals surface area contributed by atoms with E-state index >= 15 is 0 Å². The predicted molar refractivity (Wildman–Crippen MR) is 336 cm³/mol. The third kappa shape index (κ3) is 19.1. The molecule has 0 atom stereocenters. The summed E-state index contributed by atoms with van der Waals surface area (Å²) in [7, 11) is -21.7. The first-order chi connectivity index (χ1) is 43.0. The molecular weight excluding hydrogens is 1350 g/mol. The minimum atomic E-state index is -5.08. The number of nitrogens with one attached hydrogen (secondary N) is 2. The zero-order valence-electron chi connectivity index (χ0n) is 48.5. The van der Waals surface area contributed by atoms with Crippen molar-refractivity contribution in [1.82, 2.24) is 9.38 Å². The summed E-state index contributed by atoms with van der Waals surface area (Å²) < 4.78 is 179. The Labute approximate surface area is 533 Å². The number of nitrogens with zero attached hydrogens (tertiary/aromatic N) is 11. The fourth-order valence-electron chi connectivity index (χ4n) is 8.31. The molecule has 7 rings (SSSR count). The SMILES string of the molecule is COc1ccc2nc3c(C#N)c(C)c(N=Nc4cc(C)c(N=Nc5cc(NC(C)=O)c(N=Nc6cc(NC(C)=O)c(N=Nc7ccc(S(=O)(=O)O)cc7)cc6SCCCS(=O)(=O)O)cc5SCCCS(=O)(=O)O)cc4OCCCS(=O)(=O)O)c(O)n3c2c1S(=O)(=O)O. The van der Waals surface area contributed by atoms with Gasteiger partial charge in [0.2, 0.25) is 17.7 Å². The largest absolute Gasteiger partial charge is 0.495 e. The average molecular weight is 1400 g/mol. The number of pyridine rings is 1. The lowest BCUT2D eigenvalue weighted by molar-refractivity contribution is -0.115. The molecule has 0 unspecified atom stereocenters. The highest BCUT2D eigenvalue weighted by Gasteiger charge is 2.29. The van der Waals surface area contributed by atoms with Crippen LogP contribution in [0.25, 0.3) is 16.7 Å². The second-order valence-corrected chi connectivity index (χ2v) is 29.1. The summed E-state index contributed by atoms with van der Waals surface area (Å²) in [6.45, 7) is 4.96. The number of ether oxygens (including phenoxy) is 2. The van der Waals surface area contributed by atoms with Gasteiger partial charge in [0.25, 0.3) is 50.6 Å². The number of carbonyl (C=O) groups is 2. The summed E-state index contributed by atoms with van der Waals surface area (Å²) in [4.78, 5) is 29.0. The maximum Gasteiger partial charge on any atom is 0.300 e. The van der Waals surface area contributed by atoms with Crippen LogP contribution < -0.4 is 20.1 Å². The zero-order valence-corrected chi connectivity index (χ0v) is 54.2. The number of methoxy groups -OCH3 is 1.